The van der Waals surface area contributed by atoms with Gasteiger partial charge in [0, 0.05) is 31.6 Å². The highest BCUT2D eigenvalue weighted by molar-refractivity contribution is 6.03. The summed E-state index contributed by atoms with van der Waals surface area (Å²) in [5.41, 5.74) is 1.63. The van der Waals surface area contributed by atoms with Crippen molar-refractivity contribution >= 4 is 17.7 Å². The quantitative estimate of drug-likeness (QED) is 0.778. The van der Waals surface area contributed by atoms with Gasteiger partial charge in [-0.1, -0.05) is 12.1 Å². The smallest absolute Gasteiger partial charge is 0.251 e. The molecule has 3 atom stereocenters. The zero-order chi connectivity index (χ0) is 18.7. The van der Waals surface area contributed by atoms with Crippen LogP contribution in [0.1, 0.15) is 42.6 Å². The van der Waals surface area contributed by atoms with Crippen LogP contribution in [0.3, 0.4) is 0 Å². The molecule has 1 aromatic carbocycles. The number of carbonyl (C=O) groups excluding carboxylic acids is 3. The Morgan fingerprint density at radius 2 is 1.85 bits per heavy atom. The molecule has 2 heterocycles. The van der Waals surface area contributed by atoms with Crippen LogP contribution in [0.2, 0.25) is 0 Å². The Morgan fingerprint density at radius 1 is 1.19 bits per heavy atom. The van der Waals surface area contributed by atoms with Crippen molar-refractivity contribution in [3.63, 3.8) is 0 Å². The molecule has 3 unspecified atom stereocenters. The van der Waals surface area contributed by atoms with Crippen LogP contribution in [-0.2, 0) is 20.9 Å². The molecule has 0 radical (unpaired) electrons. The number of imide groups is 1. The van der Waals surface area contributed by atoms with E-state index in [9.17, 15) is 14.4 Å². The largest absolute Gasteiger partial charge is 0.373 e. The van der Waals surface area contributed by atoms with Gasteiger partial charge in [0.05, 0.1) is 12.2 Å². The molecule has 0 aliphatic carbocycles. The average molecular weight is 359 g/mol. The number of hydrogen-bond acceptors (Lipinski definition) is 5. The Morgan fingerprint density at radius 3 is 2.46 bits per heavy atom. The minimum Gasteiger partial charge on any atom is -0.373 e. The summed E-state index contributed by atoms with van der Waals surface area (Å²) in [7, 11) is 0. The predicted molar refractivity (Wildman–Crippen MR) is 95.4 cm³/mol. The lowest BCUT2D eigenvalue weighted by Gasteiger charge is -2.35. The second kappa shape index (κ2) is 7.97. The first-order chi connectivity index (χ1) is 12.4. The van der Waals surface area contributed by atoms with Gasteiger partial charge in [0.1, 0.15) is 6.04 Å². The Hall–Kier alpha value is -2.25. The third-order valence-electron chi connectivity index (χ3n) is 4.66. The van der Waals surface area contributed by atoms with Crippen molar-refractivity contribution < 1.29 is 19.1 Å². The van der Waals surface area contributed by atoms with E-state index in [2.05, 4.69) is 29.4 Å². The molecule has 2 aliphatic heterocycles. The van der Waals surface area contributed by atoms with Crippen molar-refractivity contribution in [2.75, 3.05) is 13.1 Å². The van der Waals surface area contributed by atoms with Gasteiger partial charge in [-0.3, -0.25) is 24.6 Å². The van der Waals surface area contributed by atoms with Crippen LogP contribution >= 0.6 is 0 Å². The monoisotopic (exact) mass is 359 g/mol. The summed E-state index contributed by atoms with van der Waals surface area (Å²) < 4.78 is 5.74. The standard InChI is InChI=1S/C19H25N3O4/c1-12-9-22(10-13(2)26-12)11-14-3-5-15(6-4-14)18(24)20-16-7-8-17(23)21-19(16)25/h3-6,12-13,16H,7-11H2,1-2H3,(H,20,24)(H,21,23,25). The van der Waals surface area contributed by atoms with E-state index in [0.717, 1.165) is 25.2 Å². The molecule has 2 N–H and O–H groups in total. The van der Waals surface area contributed by atoms with Crippen LogP contribution in [0.4, 0.5) is 0 Å². The molecule has 26 heavy (non-hydrogen) atoms. The third kappa shape index (κ3) is 4.68. The molecule has 3 rings (SSSR count). The molecule has 0 spiro atoms. The molecular formula is C19H25N3O4. The minimum absolute atomic E-state index is 0.220. The average Bonchev–Trinajstić information content (AvgIpc) is 2.57. The number of rotatable bonds is 4. The maximum Gasteiger partial charge on any atom is 0.251 e. The van der Waals surface area contributed by atoms with Crippen LogP contribution in [-0.4, -0.2) is 54.0 Å². The molecule has 0 bridgehead atoms. The summed E-state index contributed by atoms with van der Waals surface area (Å²) >= 11 is 0. The van der Waals surface area contributed by atoms with E-state index in [4.69, 9.17) is 4.74 Å². The number of carbonyl (C=O) groups is 3. The van der Waals surface area contributed by atoms with Crippen molar-refractivity contribution in [1.82, 2.24) is 15.5 Å². The molecule has 7 nitrogen and oxygen atoms in total. The molecule has 3 amide bonds. The number of amides is 3. The van der Waals surface area contributed by atoms with Crippen LogP contribution in [0.15, 0.2) is 24.3 Å². The van der Waals surface area contributed by atoms with Crippen molar-refractivity contribution in [3.05, 3.63) is 35.4 Å². The van der Waals surface area contributed by atoms with Crippen molar-refractivity contribution in [3.8, 4) is 0 Å². The SMILES string of the molecule is CC1CN(Cc2ccc(C(=O)NC3CCC(=O)NC3=O)cc2)CC(C)O1. The van der Waals surface area contributed by atoms with Gasteiger partial charge >= 0.3 is 0 Å². The maximum absolute atomic E-state index is 12.3. The van der Waals surface area contributed by atoms with E-state index in [1.165, 1.54) is 0 Å². The highest BCUT2D eigenvalue weighted by Crippen LogP contribution is 2.15. The lowest BCUT2D eigenvalue weighted by Crippen LogP contribution is -2.52. The molecule has 1 aromatic rings. The summed E-state index contributed by atoms with van der Waals surface area (Å²) in [4.78, 5) is 37.6. The number of morpholine rings is 1. The van der Waals surface area contributed by atoms with Gasteiger partial charge in [-0.2, -0.15) is 0 Å². The van der Waals surface area contributed by atoms with Gasteiger partial charge in [0.2, 0.25) is 11.8 Å². The number of nitrogens with zero attached hydrogens (tertiary/aromatic N) is 1. The Bertz CT molecular complexity index is 679. The van der Waals surface area contributed by atoms with Gasteiger partial charge < -0.3 is 10.1 Å². The Balaban J connectivity index is 1.56. The molecule has 2 fully saturated rings. The fraction of sp³-hybridized carbons (Fsp3) is 0.526. The van der Waals surface area contributed by atoms with Crippen LogP contribution < -0.4 is 10.6 Å². The fourth-order valence-electron chi connectivity index (χ4n) is 3.51. The first-order valence-corrected chi connectivity index (χ1v) is 9.02. The number of ether oxygens (including phenoxy) is 1. The normalized spacial score (nSPS) is 27.1. The Kier molecular flexibility index (Phi) is 5.68. The second-order valence-corrected chi connectivity index (χ2v) is 7.13. The predicted octanol–water partition coefficient (Wildman–Crippen LogP) is 0.831. The molecule has 7 heteroatoms. The maximum atomic E-state index is 12.3. The first-order valence-electron chi connectivity index (χ1n) is 9.02. The van der Waals surface area contributed by atoms with E-state index in [1.54, 1.807) is 12.1 Å². The topological polar surface area (TPSA) is 87.7 Å². The summed E-state index contributed by atoms with van der Waals surface area (Å²) in [5.74, 6) is -1.04. The summed E-state index contributed by atoms with van der Waals surface area (Å²) in [5, 5.41) is 4.93. The van der Waals surface area contributed by atoms with E-state index in [-0.39, 0.29) is 30.4 Å². The molecule has 2 aliphatic rings. The number of nitrogens with one attached hydrogen (secondary N) is 2. The molecule has 0 saturated carbocycles. The third-order valence-corrected chi connectivity index (χ3v) is 4.66. The minimum atomic E-state index is -0.656. The van der Waals surface area contributed by atoms with Crippen LogP contribution in [0, 0.1) is 0 Å². The van der Waals surface area contributed by atoms with Crippen LogP contribution in [0.25, 0.3) is 0 Å². The second-order valence-electron chi connectivity index (χ2n) is 7.13. The molecule has 0 aromatic heterocycles. The zero-order valence-electron chi connectivity index (χ0n) is 15.2. The number of benzene rings is 1. The number of piperidine rings is 1. The highest BCUT2D eigenvalue weighted by Gasteiger charge is 2.28. The van der Waals surface area contributed by atoms with E-state index < -0.39 is 11.9 Å². The zero-order valence-corrected chi connectivity index (χ0v) is 15.2. The van der Waals surface area contributed by atoms with E-state index in [1.807, 2.05) is 12.1 Å². The lowest BCUT2D eigenvalue weighted by molar-refractivity contribution is -0.134. The highest BCUT2D eigenvalue weighted by atomic mass is 16.5. The molecule has 140 valence electrons. The van der Waals surface area contributed by atoms with Gasteiger partial charge in [0.25, 0.3) is 5.91 Å². The van der Waals surface area contributed by atoms with Crippen LogP contribution in [0.5, 0.6) is 0 Å². The summed E-state index contributed by atoms with van der Waals surface area (Å²) in [6.45, 7) is 6.74. The Labute approximate surface area is 153 Å². The molecular weight excluding hydrogens is 334 g/mol. The van der Waals surface area contributed by atoms with Gasteiger partial charge in [-0.25, -0.2) is 0 Å². The van der Waals surface area contributed by atoms with Crippen molar-refractivity contribution in [2.45, 2.75) is 51.5 Å². The van der Waals surface area contributed by atoms with Crippen molar-refractivity contribution in [2.24, 2.45) is 0 Å². The first kappa shape index (κ1) is 18.5. The summed E-state index contributed by atoms with van der Waals surface area (Å²) in [6.07, 6.45) is 1.02. The van der Waals surface area contributed by atoms with Gasteiger partial charge in [0.15, 0.2) is 0 Å². The molecule has 2 saturated heterocycles. The van der Waals surface area contributed by atoms with E-state index in [0.29, 0.717) is 12.0 Å². The van der Waals surface area contributed by atoms with Gasteiger partial charge in [-0.15, -0.1) is 0 Å². The summed E-state index contributed by atoms with van der Waals surface area (Å²) in [6, 6.07) is 6.75. The fourth-order valence-corrected chi connectivity index (χ4v) is 3.51. The lowest BCUT2D eigenvalue weighted by atomic mass is 10.0. The van der Waals surface area contributed by atoms with Gasteiger partial charge in [-0.05, 0) is 38.0 Å². The van der Waals surface area contributed by atoms with Crippen molar-refractivity contribution in [1.29, 1.82) is 0 Å². The number of hydrogen-bond donors (Lipinski definition) is 2. The van der Waals surface area contributed by atoms with E-state index >= 15 is 0 Å².